The normalized spacial score (nSPS) is 18.3. The van der Waals surface area contributed by atoms with E-state index in [1.807, 2.05) is 49.5 Å². The SMILES string of the molecule is C[C@@H]1Oc2ccccc2O[C@H]1C(=O)NCc1cccnc1-n1cccn1. The molecule has 0 spiro atoms. The fourth-order valence-electron chi connectivity index (χ4n) is 2.86. The molecule has 3 aromatic rings. The highest BCUT2D eigenvalue weighted by molar-refractivity contribution is 5.82. The Balaban J connectivity index is 1.47. The Morgan fingerprint density at radius 2 is 1.92 bits per heavy atom. The largest absolute Gasteiger partial charge is 0.482 e. The molecule has 4 rings (SSSR count). The molecule has 1 N–H and O–H groups in total. The van der Waals surface area contributed by atoms with Gasteiger partial charge in [-0.3, -0.25) is 4.79 Å². The molecule has 7 nitrogen and oxygen atoms in total. The van der Waals surface area contributed by atoms with Gasteiger partial charge in [0.25, 0.3) is 5.91 Å². The van der Waals surface area contributed by atoms with Gasteiger partial charge in [-0.1, -0.05) is 18.2 Å². The van der Waals surface area contributed by atoms with Crippen molar-refractivity contribution < 1.29 is 14.3 Å². The summed E-state index contributed by atoms with van der Waals surface area (Å²) in [6, 6.07) is 12.9. The Hall–Kier alpha value is -3.35. The van der Waals surface area contributed by atoms with E-state index in [4.69, 9.17) is 9.47 Å². The third kappa shape index (κ3) is 3.11. The van der Waals surface area contributed by atoms with Gasteiger partial charge in [0.2, 0.25) is 6.10 Å². The molecule has 0 fully saturated rings. The predicted octanol–water partition coefficient (Wildman–Crippen LogP) is 2.11. The van der Waals surface area contributed by atoms with Gasteiger partial charge in [0, 0.05) is 30.7 Å². The molecule has 0 saturated heterocycles. The van der Waals surface area contributed by atoms with Gasteiger partial charge in [0.1, 0.15) is 6.10 Å². The topological polar surface area (TPSA) is 78.3 Å². The van der Waals surface area contributed by atoms with Crippen molar-refractivity contribution in [2.24, 2.45) is 0 Å². The number of rotatable bonds is 4. The molecular weight excluding hydrogens is 332 g/mol. The van der Waals surface area contributed by atoms with Crippen LogP contribution in [0.2, 0.25) is 0 Å². The number of nitrogens with zero attached hydrogens (tertiary/aromatic N) is 3. The molecule has 3 heterocycles. The van der Waals surface area contributed by atoms with Gasteiger partial charge in [0.15, 0.2) is 17.3 Å². The number of amides is 1. The highest BCUT2D eigenvalue weighted by Gasteiger charge is 2.33. The molecule has 0 unspecified atom stereocenters. The number of carbonyl (C=O) groups is 1. The number of pyridine rings is 1. The number of nitrogens with one attached hydrogen (secondary N) is 1. The quantitative estimate of drug-likeness (QED) is 0.780. The maximum atomic E-state index is 12.6. The first-order valence-electron chi connectivity index (χ1n) is 8.36. The van der Waals surface area contributed by atoms with E-state index in [0.717, 1.165) is 5.56 Å². The second kappa shape index (κ2) is 6.87. The Labute approximate surface area is 150 Å². The fourth-order valence-corrected chi connectivity index (χ4v) is 2.86. The Morgan fingerprint density at radius 3 is 2.69 bits per heavy atom. The van der Waals surface area contributed by atoms with Crippen LogP contribution in [0.4, 0.5) is 0 Å². The van der Waals surface area contributed by atoms with Gasteiger partial charge in [-0.05, 0) is 31.2 Å². The first-order valence-corrected chi connectivity index (χ1v) is 8.36. The van der Waals surface area contributed by atoms with Gasteiger partial charge in [-0.15, -0.1) is 0 Å². The van der Waals surface area contributed by atoms with Crippen molar-refractivity contribution in [2.45, 2.75) is 25.7 Å². The molecule has 1 aliphatic rings. The van der Waals surface area contributed by atoms with Crippen LogP contribution in [0.1, 0.15) is 12.5 Å². The number of hydrogen-bond donors (Lipinski definition) is 1. The van der Waals surface area contributed by atoms with Crippen LogP contribution >= 0.6 is 0 Å². The van der Waals surface area contributed by atoms with Crippen LogP contribution in [-0.2, 0) is 11.3 Å². The van der Waals surface area contributed by atoms with Gasteiger partial charge in [-0.2, -0.15) is 5.10 Å². The van der Waals surface area contributed by atoms with E-state index in [-0.39, 0.29) is 12.0 Å². The summed E-state index contributed by atoms with van der Waals surface area (Å²) in [7, 11) is 0. The smallest absolute Gasteiger partial charge is 0.265 e. The van der Waals surface area contributed by atoms with E-state index < -0.39 is 6.10 Å². The summed E-state index contributed by atoms with van der Waals surface area (Å²) in [6.07, 6.45) is 4.09. The monoisotopic (exact) mass is 350 g/mol. The van der Waals surface area contributed by atoms with E-state index in [0.29, 0.717) is 23.9 Å². The van der Waals surface area contributed by atoms with Gasteiger partial charge in [-0.25, -0.2) is 9.67 Å². The summed E-state index contributed by atoms with van der Waals surface area (Å²) in [6.45, 7) is 2.13. The van der Waals surface area contributed by atoms with Crippen molar-refractivity contribution in [3.8, 4) is 17.3 Å². The Morgan fingerprint density at radius 1 is 1.12 bits per heavy atom. The van der Waals surface area contributed by atoms with Crippen molar-refractivity contribution in [3.63, 3.8) is 0 Å². The molecule has 26 heavy (non-hydrogen) atoms. The first kappa shape index (κ1) is 16.1. The Kier molecular flexibility index (Phi) is 4.27. The molecule has 0 saturated carbocycles. The molecule has 1 aliphatic heterocycles. The minimum absolute atomic E-state index is 0.234. The van der Waals surface area contributed by atoms with E-state index in [9.17, 15) is 4.79 Å². The van der Waals surface area contributed by atoms with Gasteiger partial charge in [0.05, 0.1) is 0 Å². The number of hydrogen-bond acceptors (Lipinski definition) is 5. The summed E-state index contributed by atoms with van der Waals surface area (Å²) in [5.74, 6) is 1.67. The molecule has 2 atom stereocenters. The maximum absolute atomic E-state index is 12.6. The van der Waals surface area contributed by atoms with Crippen LogP contribution in [0.15, 0.2) is 61.1 Å². The van der Waals surface area contributed by atoms with Crippen molar-refractivity contribution in [2.75, 3.05) is 0 Å². The van der Waals surface area contributed by atoms with E-state index in [2.05, 4.69) is 15.4 Å². The number of carbonyl (C=O) groups excluding carboxylic acids is 1. The van der Waals surface area contributed by atoms with E-state index in [1.165, 1.54) is 0 Å². The van der Waals surface area contributed by atoms with Crippen molar-refractivity contribution >= 4 is 5.91 Å². The lowest BCUT2D eigenvalue weighted by molar-refractivity contribution is -0.133. The summed E-state index contributed by atoms with van der Waals surface area (Å²) < 4.78 is 13.3. The van der Waals surface area contributed by atoms with Crippen LogP contribution in [-0.4, -0.2) is 32.9 Å². The van der Waals surface area contributed by atoms with E-state index >= 15 is 0 Å². The zero-order chi connectivity index (χ0) is 17.9. The minimum atomic E-state index is -0.713. The summed E-state index contributed by atoms with van der Waals surface area (Å²) in [5.41, 5.74) is 0.856. The van der Waals surface area contributed by atoms with Crippen molar-refractivity contribution in [1.29, 1.82) is 0 Å². The zero-order valence-electron chi connectivity index (χ0n) is 14.2. The molecule has 7 heteroatoms. The third-order valence-corrected chi connectivity index (χ3v) is 4.14. The zero-order valence-corrected chi connectivity index (χ0v) is 14.2. The number of ether oxygens (including phenoxy) is 2. The average molecular weight is 350 g/mol. The van der Waals surface area contributed by atoms with Gasteiger partial charge < -0.3 is 14.8 Å². The average Bonchev–Trinajstić information content (AvgIpc) is 3.20. The van der Waals surface area contributed by atoms with Crippen LogP contribution in [0.25, 0.3) is 5.82 Å². The molecule has 1 aromatic carbocycles. The molecule has 0 radical (unpaired) electrons. The molecule has 1 amide bonds. The van der Waals surface area contributed by atoms with Crippen LogP contribution in [0.5, 0.6) is 11.5 Å². The summed E-state index contributed by atoms with van der Waals surface area (Å²) in [4.78, 5) is 17.0. The van der Waals surface area contributed by atoms with Crippen LogP contribution in [0.3, 0.4) is 0 Å². The number of para-hydroxylation sites is 2. The summed E-state index contributed by atoms with van der Waals surface area (Å²) in [5, 5.41) is 7.11. The number of benzene rings is 1. The fraction of sp³-hybridized carbons (Fsp3) is 0.211. The molecule has 0 aliphatic carbocycles. The standard InChI is InChI=1S/C19H18N4O3/c1-13-17(26-16-8-3-2-7-15(16)25-13)19(24)21-12-14-6-4-9-20-18(14)23-11-5-10-22-23/h2-11,13,17H,12H2,1H3,(H,21,24)/t13-,17+/m0/s1. The lowest BCUT2D eigenvalue weighted by Gasteiger charge is -2.31. The molecule has 0 bridgehead atoms. The lowest BCUT2D eigenvalue weighted by atomic mass is 10.1. The van der Waals surface area contributed by atoms with Crippen LogP contribution in [0, 0.1) is 0 Å². The highest BCUT2D eigenvalue weighted by Crippen LogP contribution is 2.33. The van der Waals surface area contributed by atoms with E-state index in [1.54, 1.807) is 23.1 Å². The Bertz CT molecular complexity index is 911. The number of fused-ring (bicyclic) bond motifs is 1. The van der Waals surface area contributed by atoms with Crippen molar-refractivity contribution in [1.82, 2.24) is 20.1 Å². The van der Waals surface area contributed by atoms with Crippen LogP contribution < -0.4 is 14.8 Å². The first-order chi connectivity index (χ1) is 12.7. The van der Waals surface area contributed by atoms with Crippen molar-refractivity contribution in [3.05, 3.63) is 66.6 Å². The minimum Gasteiger partial charge on any atom is -0.482 e. The van der Waals surface area contributed by atoms with Gasteiger partial charge >= 0.3 is 0 Å². The highest BCUT2D eigenvalue weighted by atomic mass is 16.6. The lowest BCUT2D eigenvalue weighted by Crippen LogP contribution is -2.48. The second-order valence-corrected chi connectivity index (χ2v) is 5.96. The third-order valence-electron chi connectivity index (χ3n) is 4.14. The second-order valence-electron chi connectivity index (χ2n) is 5.96. The number of aromatic nitrogens is 3. The summed E-state index contributed by atoms with van der Waals surface area (Å²) >= 11 is 0. The molecular formula is C19H18N4O3. The maximum Gasteiger partial charge on any atom is 0.265 e. The predicted molar refractivity (Wildman–Crippen MR) is 94.2 cm³/mol. The molecule has 2 aromatic heterocycles. The molecule has 132 valence electrons.